The van der Waals surface area contributed by atoms with Crippen LogP contribution in [0.15, 0.2) is 66.0 Å². The van der Waals surface area contributed by atoms with E-state index in [1.54, 1.807) is 75.6 Å². The summed E-state index contributed by atoms with van der Waals surface area (Å²) in [6, 6.07) is 17.8. The van der Waals surface area contributed by atoms with Crippen molar-refractivity contribution in [1.82, 2.24) is 4.90 Å². The number of esters is 1. The van der Waals surface area contributed by atoms with Crippen LogP contribution in [-0.2, 0) is 4.74 Å². The number of nitrogens with zero attached hydrogens (tertiary/aromatic N) is 1. The molecule has 3 rings (SSSR count). The predicted molar refractivity (Wildman–Crippen MR) is 125 cm³/mol. The number of thiophene rings is 1. The molecule has 1 unspecified atom stereocenters. The summed E-state index contributed by atoms with van der Waals surface area (Å²) in [6.07, 6.45) is -1.41. The summed E-state index contributed by atoms with van der Waals surface area (Å²) in [5.41, 5.74) is 1.49. The number of rotatable bonds is 6. The highest BCUT2D eigenvalue weighted by Crippen LogP contribution is 2.25. The molecule has 0 bridgehead atoms. The SMILES string of the molecule is CN(CC(O)c1ccc(OC(=O)c2ccc(-c3cccs3)cc2)cc1)C(=O)OC(C)(C)C. The molecule has 0 aliphatic carbocycles. The first-order chi connectivity index (χ1) is 15.1. The number of likely N-dealkylation sites (N-methyl/N-ethyl adjacent to an activating group) is 1. The second kappa shape index (κ2) is 9.97. The first-order valence-electron chi connectivity index (χ1n) is 10.2. The van der Waals surface area contributed by atoms with E-state index in [9.17, 15) is 14.7 Å². The highest BCUT2D eigenvalue weighted by atomic mass is 32.1. The maximum atomic E-state index is 12.4. The molecule has 1 amide bonds. The Labute approximate surface area is 192 Å². The molecule has 6 nitrogen and oxygen atoms in total. The van der Waals surface area contributed by atoms with Gasteiger partial charge in [0, 0.05) is 11.9 Å². The van der Waals surface area contributed by atoms with Gasteiger partial charge in [-0.15, -0.1) is 11.3 Å². The van der Waals surface area contributed by atoms with Crippen molar-refractivity contribution in [2.75, 3.05) is 13.6 Å². The van der Waals surface area contributed by atoms with Crippen LogP contribution in [0.25, 0.3) is 10.4 Å². The van der Waals surface area contributed by atoms with Crippen LogP contribution in [-0.4, -0.2) is 41.3 Å². The summed E-state index contributed by atoms with van der Waals surface area (Å²) in [7, 11) is 1.57. The number of hydrogen-bond acceptors (Lipinski definition) is 6. The van der Waals surface area contributed by atoms with E-state index in [2.05, 4.69) is 0 Å². The zero-order valence-electron chi connectivity index (χ0n) is 18.6. The maximum absolute atomic E-state index is 12.4. The summed E-state index contributed by atoms with van der Waals surface area (Å²) in [4.78, 5) is 27.0. The Kier molecular flexibility index (Phi) is 7.33. The van der Waals surface area contributed by atoms with Gasteiger partial charge < -0.3 is 19.5 Å². The zero-order chi connectivity index (χ0) is 23.3. The zero-order valence-corrected chi connectivity index (χ0v) is 19.4. The number of benzene rings is 2. The number of hydrogen-bond donors (Lipinski definition) is 1. The van der Waals surface area contributed by atoms with Gasteiger partial charge in [0.2, 0.25) is 0 Å². The maximum Gasteiger partial charge on any atom is 0.410 e. The van der Waals surface area contributed by atoms with Crippen LogP contribution < -0.4 is 4.74 Å². The van der Waals surface area contributed by atoms with Crippen molar-refractivity contribution in [3.63, 3.8) is 0 Å². The molecule has 2 aromatic carbocycles. The monoisotopic (exact) mass is 453 g/mol. The highest BCUT2D eigenvalue weighted by molar-refractivity contribution is 7.13. The van der Waals surface area contributed by atoms with Crippen LogP contribution in [0.4, 0.5) is 4.79 Å². The van der Waals surface area contributed by atoms with E-state index in [1.807, 2.05) is 29.6 Å². The summed E-state index contributed by atoms with van der Waals surface area (Å²) in [5.74, 6) is -0.0885. The smallest absolute Gasteiger partial charge is 0.410 e. The molecule has 0 radical (unpaired) electrons. The molecule has 0 fully saturated rings. The number of carbonyl (C=O) groups is 2. The van der Waals surface area contributed by atoms with Crippen molar-refractivity contribution in [1.29, 1.82) is 0 Å². The van der Waals surface area contributed by atoms with Crippen LogP contribution in [0.3, 0.4) is 0 Å². The molecule has 1 N–H and O–H groups in total. The van der Waals surface area contributed by atoms with E-state index < -0.39 is 23.8 Å². The normalized spacial score (nSPS) is 12.2. The van der Waals surface area contributed by atoms with Gasteiger partial charge in [0.05, 0.1) is 18.2 Å². The van der Waals surface area contributed by atoms with Gasteiger partial charge in [-0.25, -0.2) is 9.59 Å². The van der Waals surface area contributed by atoms with Gasteiger partial charge in [-0.1, -0.05) is 30.3 Å². The number of ether oxygens (including phenoxy) is 2. The number of aliphatic hydroxyl groups is 1. The van der Waals surface area contributed by atoms with Crippen LogP contribution in [0.2, 0.25) is 0 Å². The average Bonchev–Trinajstić information content (AvgIpc) is 3.28. The third-order valence-corrected chi connectivity index (χ3v) is 5.47. The lowest BCUT2D eigenvalue weighted by Gasteiger charge is -2.26. The number of aliphatic hydroxyl groups excluding tert-OH is 1. The fourth-order valence-electron chi connectivity index (χ4n) is 2.92. The summed E-state index contributed by atoms with van der Waals surface area (Å²) >= 11 is 1.64. The minimum atomic E-state index is -0.901. The lowest BCUT2D eigenvalue weighted by molar-refractivity contribution is 0.0205. The molecule has 168 valence electrons. The first kappa shape index (κ1) is 23.5. The van der Waals surface area contributed by atoms with E-state index in [-0.39, 0.29) is 6.54 Å². The molecule has 1 atom stereocenters. The highest BCUT2D eigenvalue weighted by Gasteiger charge is 2.22. The molecule has 0 saturated carbocycles. The molecular formula is C25H27NO5S. The third kappa shape index (κ3) is 6.42. The Morgan fingerprint density at radius 1 is 1.03 bits per heavy atom. The Morgan fingerprint density at radius 2 is 1.69 bits per heavy atom. The summed E-state index contributed by atoms with van der Waals surface area (Å²) < 4.78 is 10.7. The summed E-state index contributed by atoms with van der Waals surface area (Å²) in [5, 5.41) is 12.4. The van der Waals surface area contributed by atoms with Crippen molar-refractivity contribution in [3.8, 4) is 16.2 Å². The Hall–Kier alpha value is -3.16. The Bertz CT molecular complexity index is 1040. The van der Waals surface area contributed by atoms with E-state index in [4.69, 9.17) is 9.47 Å². The van der Waals surface area contributed by atoms with Crippen molar-refractivity contribution < 1.29 is 24.2 Å². The second-order valence-electron chi connectivity index (χ2n) is 8.39. The lowest BCUT2D eigenvalue weighted by atomic mass is 10.1. The van der Waals surface area contributed by atoms with Gasteiger partial charge >= 0.3 is 12.1 Å². The van der Waals surface area contributed by atoms with Gasteiger partial charge in [0.25, 0.3) is 0 Å². The average molecular weight is 454 g/mol. The number of carbonyl (C=O) groups excluding carboxylic acids is 2. The standard InChI is InChI=1S/C25H27NO5S/c1-25(2,3)31-24(29)26(4)16-21(27)17-11-13-20(14-12-17)30-23(28)19-9-7-18(8-10-19)22-6-5-15-32-22/h5-15,21,27H,16H2,1-4H3. The molecular weight excluding hydrogens is 426 g/mol. The fraction of sp³-hybridized carbons (Fsp3) is 0.280. The van der Waals surface area contributed by atoms with Gasteiger partial charge in [-0.3, -0.25) is 0 Å². The fourth-order valence-corrected chi connectivity index (χ4v) is 3.65. The lowest BCUT2D eigenvalue weighted by Crippen LogP contribution is -2.36. The Morgan fingerprint density at radius 3 is 2.25 bits per heavy atom. The van der Waals surface area contributed by atoms with Gasteiger partial charge in [-0.05, 0) is 67.6 Å². The van der Waals surface area contributed by atoms with E-state index in [0.717, 1.165) is 10.4 Å². The van der Waals surface area contributed by atoms with Gasteiger partial charge in [0.1, 0.15) is 11.4 Å². The van der Waals surface area contributed by atoms with Gasteiger partial charge in [-0.2, -0.15) is 0 Å². The van der Waals surface area contributed by atoms with E-state index in [1.165, 1.54) is 4.90 Å². The minimum Gasteiger partial charge on any atom is -0.444 e. The molecule has 0 aliphatic rings. The minimum absolute atomic E-state index is 0.0740. The topological polar surface area (TPSA) is 76.1 Å². The largest absolute Gasteiger partial charge is 0.444 e. The Balaban J connectivity index is 1.57. The quantitative estimate of drug-likeness (QED) is 0.392. The molecule has 0 saturated heterocycles. The molecule has 3 aromatic rings. The van der Waals surface area contributed by atoms with Crippen molar-refractivity contribution in [2.45, 2.75) is 32.5 Å². The van der Waals surface area contributed by atoms with Crippen LogP contribution >= 0.6 is 11.3 Å². The van der Waals surface area contributed by atoms with Crippen molar-refractivity contribution in [2.24, 2.45) is 0 Å². The van der Waals surface area contributed by atoms with Crippen LogP contribution in [0.1, 0.15) is 42.8 Å². The number of amides is 1. The molecule has 32 heavy (non-hydrogen) atoms. The van der Waals surface area contributed by atoms with Crippen LogP contribution in [0.5, 0.6) is 5.75 Å². The molecule has 1 heterocycles. The molecule has 7 heteroatoms. The molecule has 1 aromatic heterocycles. The van der Waals surface area contributed by atoms with Crippen molar-refractivity contribution in [3.05, 3.63) is 77.2 Å². The van der Waals surface area contributed by atoms with Crippen molar-refractivity contribution >= 4 is 23.4 Å². The molecule has 0 aliphatic heterocycles. The molecule has 0 spiro atoms. The predicted octanol–water partition coefficient (Wildman–Crippen LogP) is 5.53. The van der Waals surface area contributed by atoms with E-state index in [0.29, 0.717) is 16.9 Å². The first-order valence-corrected chi connectivity index (χ1v) is 11.1. The summed E-state index contributed by atoms with van der Waals surface area (Å²) in [6.45, 7) is 5.43. The van der Waals surface area contributed by atoms with Crippen LogP contribution in [0, 0.1) is 0 Å². The van der Waals surface area contributed by atoms with E-state index >= 15 is 0 Å². The third-order valence-electron chi connectivity index (χ3n) is 4.55. The second-order valence-corrected chi connectivity index (χ2v) is 9.34. The van der Waals surface area contributed by atoms with Gasteiger partial charge in [0.15, 0.2) is 0 Å².